The van der Waals surface area contributed by atoms with E-state index in [0.29, 0.717) is 0 Å². The number of hydrogen-bond donors (Lipinski definition) is 1. The lowest BCUT2D eigenvalue weighted by atomic mass is 10.2. The zero-order chi connectivity index (χ0) is 11.2. The van der Waals surface area contributed by atoms with E-state index in [1.165, 1.54) is 28.5 Å². The summed E-state index contributed by atoms with van der Waals surface area (Å²) >= 11 is 5.28. The average Bonchev–Trinajstić information content (AvgIpc) is 2.73. The molecule has 0 aliphatic rings. The van der Waals surface area contributed by atoms with Crippen LogP contribution in [0.15, 0.2) is 29.6 Å². The van der Waals surface area contributed by atoms with E-state index >= 15 is 0 Å². The lowest BCUT2D eigenvalue weighted by Crippen LogP contribution is -2.14. The third-order valence-corrected chi connectivity index (χ3v) is 4.19. The van der Waals surface area contributed by atoms with E-state index in [9.17, 15) is 0 Å². The molecule has 1 N–H and O–H groups in total. The summed E-state index contributed by atoms with van der Waals surface area (Å²) in [5, 5.41) is 8.28. The van der Waals surface area contributed by atoms with E-state index in [0.717, 1.165) is 18.4 Å². The summed E-state index contributed by atoms with van der Waals surface area (Å²) in [6.07, 6.45) is 2.49. The summed E-state index contributed by atoms with van der Waals surface area (Å²) in [4.78, 5) is 0. The van der Waals surface area contributed by atoms with Crippen molar-refractivity contribution in [3.8, 4) is 0 Å². The minimum absolute atomic E-state index is 0.992. The molecule has 1 nitrogen and oxygen atoms in total. The van der Waals surface area contributed by atoms with Gasteiger partial charge in [-0.3, -0.25) is 0 Å². The predicted octanol–water partition coefficient (Wildman–Crippen LogP) is 4.17. The molecule has 1 heterocycles. The molecular formula is C13H16BrNS. The fourth-order valence-corrected chi connectivity index (χ4v) is 3.10. The molecular weight excluding hydrogens is 282 g/mol. The van der Waals surface area contributed by atoms with Gasteiger partial charge >= 0.3 is 0 Å². The summed E-state index contributed by atoms with van der Waals surface area (Å²) in [7, 11) is 0. The summed E-state index contributed by atoms with van der Waals surface area (Å²) in [6.45, 7) is 2.10. The molecule has 0 atom stereocenters. The smallest absolute Gasteiger partial charge is 0.0346 e. The highest BCUT2D eigenvalue weighted by atomic mass is 79.9. The van der Waals surface area contributed by atoms with Crippen molar-refractivity contribution in [2.75, 3.05) is 11.9 Å². The van der Waals surface area contributed by atoms with Gasteiger partial charge in [0.15, 0.2) is 0 Å². The van der Waals surface area contributed by atoms with Crippen molar-refractivity contribution in [1.29, 1.82) is 0 Å². The largest absolute Gasteiger partial charge is 0.313 e. The Morgan fingerprint density at radius 2 is 2.06 bits per heavy atom. The molecule has 0 spiro atoms. The minimum Gasteiger partial charge on any atom is -0.313 e. The highest BCUT2D eigenvalue weighted by molar-refractivity contribution is 9.09. The second-order valence-electron chi connectivity index (χ2n) is 3.83. The van der Waals surface area contributed by atoms with Crippen molar-refractivity contribution in [1.82, 2.24) is 5.32 Å². The van der Waals surface area contributed by atoms with Crippen LogP contribution in [0.3, 0.4) is 0 Å². The molecule has 0 saturated heterocycles. The first kappa shape index (κ1) is 12.1. The normalized spacial score (nSPS) is 11.1. The molecule has 1 aromatic heterocycles. The van der Waals surface area contributed by atoms with Crippen LogP contribution in [0.1, 0.15) is 18.4 Å². The molecule has 0 amide bonds. The van der Waals surface area contributed by atoms with Crippen molar-refractivity contribution in [2.24, 2.45) is 0 Å². The maximum atomic E-state index is 3.50. The van der Waals surface area contributed by atoms with Gasteiger partial charge in [0, 0.05) is 16.6 Å². The van der Waals surface area contributed by atoms with Crippen molar-refractivity contribution >= 4 is 37.4 Å². The fourth-order valence-electron chi connectivity index (χ4n) is 1.74. The molecule has 3 heteroatoms. The zero-order valence-corrected chi connectivity index (χ0v) is 11.6. The van der Waals surface area contributed by atoms with Gasteiger partial charge in [-0.25, -0.2) is 0 Å². The Morgan fingerprint density at radius 3 is 2.94 bits per heavy atom. The number of nitrogens with one attached hydrogen (secondary N) is 1. The minimum atomic E-state index is 0.992. The fraction of sp³-hybridized carbons (Fsp3) is 0.385. The number of rotatable bonds is 6. The first-order valence-electron chi connectivity index (χ1n) is 5.63. The predicted molar refractivity (Wildman–Crippen MR) is 76.6 cm³/mol. The van der Waals surface area contributed by atoms with Crippen LogP contribution < -0.4 is 5.32 Å². The first-order chi connectivity index (χ1) is 7.92. The molecule has 0 unspecified atom stereocenters. The molecule has 0 radical (unpaired) electrons. The van der Waals surface area contributed by atoms with Crippen LogP contribution in [-0.4, -0.2) is 11.9 Å². The topological polar surface area (TPSA) is 12.0 Å². The standard InChI is InChI=1S/C13H16BrNS/c14-7-3-4-8-15-9-11-10-16-13-6-2-1-5-12(11)13/h1-2,5-6,10,15H,3-4,7-9H2. The van der Waals surface area contributed by atoms with E-state index in [1.54, 1.807) is 0 Å². The van der Waals surface area contributed by atoms with Crippen LogP contribution in [0.25, 0.3) is 10.1 Å². The Balaban J connectivity index is 1.89. The molecule has 1 aromatic carbocycles. The zero-order valence-electron chi connectivity index (χ0n) is 9.21. The molecule has 86 valence electrons. The molecule has 0 aliphatic heterocycles. The Bertz CT molecular complexity index is 438. The number of halogens is 1. The van der Waals surface area contributed by atoms with E-state index in [4.69, 9.17) is 0 Å². The van der Waals surface area contributed by atoms with Crippen LogP contribution in [0.5, 0.6) is 0 Å². The summed E-state index contributed by atoms with van der Waals surface area (Å²) in [5.41, 5.74) is 1.43. The monoisotopic (exact) mass is 297 g/mol. The van der Waals surface area contributed by atoms with Crippen LogP contribution in [-0.2, 0) is 6.54 Å². The number of thiophene rings is 1. The number of benzene rings is 1. The van der Waals surface area contributed by atoms with Gasteiger partial charge in [0.05, 0.1) is 0 Å². The third kappa shape index (κ3) is 3.06. The highest BCUT2D eigenvalue weighted by Crippen LogP contribution is 2.25. The van der Waals surface area contributed by atoms with E-state index in [2.05, 4.69) is 50.9 Å². The second kappa shape index (κ2) is 6.38. The van der Waals surface area contributed by atoms with Gasteiger partial charge < -0.3 is 5.32 Å². The molecule has 2 aromatic rings. The van der Waals surface area contributed by atoms with Gasteiger partial charge in [-0.05, 0) is 41.8 Å². The van der Waals surface area contributed by atoms with Gasteiger partial charge in [0.25, 0.3) is 0 Å². The van der Waals surface area contributed by atoms with Crippen molar-refractivity contribution in [3.63, 3.8) is 0 Å². The molecule has 16 heavy (non-hydrogen) atoms. The maximum absolute atomic E-state index is 3.50. The molecule has 0 bridgehead atoms. The lowest BCUT2D eigenvalue weighted by Gasteiger charge is -2.02. The number of alkyl halides is 1. The molecule has 0 aliphatic carbocycles. The summed E-state index contributed by atoms with van der Waals surface area (Å²) in [6, 6.07) is 8.62. The van der Waals surface area contributed by atoms with Crippen LogP contribution in [0.4, 0.5) is 0 Å². The Morgan fingerprint density at radius 1 is 1.19 bits per heavy atom. The maximum Gasteiger partial charge on any atom is 0.0346 e. The third-order valence-electron chi connectivity index (χ3n) is 2.61. The first-order valence-corrected chi connectivity index (χ1v) is 7.63. The Labute approximate surface area is 109 Å². The van der Waals surface area contributed by atoms with E-state index < -0.39 is 0 Å². The molecule has 0 saturated carbocycles. The number of hydrogen-bond acceptors (Lipinski definition) is 2. The van der Waals surface area contributed by atoms with Crippen LogP contribution >= 0.6 is 27.3 Å². The summed E-state index contributed by atoms with van der Waals surface area (Å²) in [5.74, 6) is 0. The quantitative estimate of drug-likeness (QED) is 0.623. The van der Waals surface area contributed by atoms with Gasteiger partial charge in [-0.15, -0.1) is 11.3 Å². The van der Waals surface area contributed by atoms with Gasteiger partial charge in [-0.1, -0.05) is 34.1 Å². The van der Waals surface area contributed by atoms with Crippen LogP contribution in [0, 0.1) is 0 Å². The summed E-state index contributed by atoms with van der Waals surface area (Å²) < 4.78 is 1.39. The van der Waals surface area contributed by atoms with Gasteiger partial charge in [0.1, 0.15) is 0 Å². The highest BCUT2D eigenvalue weighted by Gasteiger charge is 2.01. The molecule has 2 rings (SSSR count). The number of unbranched alkanes of at least 4 members (excludes halogenated alkanes) is 1. The van der Waals surface area contributed by atoms with E-state index in [-0.39, 0.29) is 0 Å². The lowest BCUT2D eigenvalue weighted by molar-refractivity contribution is 0.647. The van der Waals surface area contributed by atoms with Crippen molar-refractivity contribution < 1.29 is 0 Å². The van der Waals surface area contributed by atoms with Crippen molar-refractivity contribution in [3.05, 3.63) is 35.2 Å². The Kier molecular flexibility index (Phi) is 4.82. The second-order valence-corrected chi connectivity index (χ2v) is 5.53. The Hall–Kier alpha value is -0.380. The van der Waals surface area contributed by atoms with Crippen molar-refractivity contribution in [2.45, 2.75) is 19.4 Å². The molecule has 0 fully saturated rings. The van der Waals surface area contributed by atoms with Crippen LogP contribution in [0.2, 0.25) is 0 Å². The number of fused-ring (bicyclic) bond motifs is 1. The van der Waals surface area contributed by atoms with E-state index in [1.807, 2.05) is 11.3 Å². The van der Waals surface area contributed by atoms with Gasteiger partial charge in [-0.2, -0.15) is 0 Å². The average molecular weight is 298 g/mol. The van der Waals surface area contributed by atoms with Gasteiger partial charge in [0.2, 0.25) is 0 Å². The SMILES string of the molecule is BrCCCCNCc1csc2ccccc12.